The van der Waals surface area contributed by atoms with Gasteiger partial charge in [-0.05, 0) is 77.0 Å². The van der Waals surface area contributed by atoms with E-state index in [1.165, 1.54) is 295 Å². The molecule has 1 atom stereocenters. The third-order valence-electron chi connectivity index (χ3n) is 16.6. The molecule has 6 heteroatoms. The van der Waals surface area contributed by atoms with Crippen LogP contribution in [0.5, 0.6) is 0 Å². The van der Waals surface area contributed by atoms with Crippen LogP contribution in [0.15, 0.2) is 36.5 Å². The molecule has 0 N–H and O–H groups in total. The number of hydrogen-bond acceptors (Lipinski definition) is 6. The number of unbranched alkanes of at least 4 members (excludes halogenated alkanes) is 51. The molecule has 0 heterocycles. The molecule has 0 rings (SSSR count). The van der Waals surface area contributed by atoms with E-state index in [2.05, 4.69) is 57.2 Å². The maximum atomic E-state index is 13.0. The first-order valence-electron chi connectivity index (χ1n) is 36.5. The molecule has 0 saturated carbocycles. The number of carbonyl (C=O) groups excluding carboxylic acids is 3. The highest BCUT2D eigenvalue weighted by atomic mass is 16.6. The molecule has 0 aliphatic rings. The lowest BCUT2D eigenvalue weighted by Gasteiger charge is -2.18. The van der Waals surface area contributed by atoms with Crippen molar-refractivity contribution in [3.63, 3.8) is 0 Å². The van der Waals surface area contributed by atoms with Gasteiger partial charge in [-0.1, -0.05) is 346 Å². The van der Waals surface area contributed by atoms with E-state index in [0.29, 0.717) is 19.3 Å². The third-order valence-corrected chi connectivity index (χ3v) is 16.6. The van der Waals surface area contributed by atoms with E-state index in [9.17, 15) is 14.4 Å². The van der Waals surface area contributed by atoms with Crippen LogP contribution in [0.2, 0.25) is 0 Å². The van der Waals surface area contributed by atoms with Crippen molar-refractivity contribution in [1.29, 1.82) is 0 Å². The number of rotatable bonds is 68. The summed E-state index contributed by atoms with van der Waals surface area (Å²) in [5, 5.41) is 0. The fourth-order valence-electron chi connectivity index (χ4n) is 11.1. The van der Waals surface area contributed by atoms with Crippen molar-refractivity contribution in [2.24, 2.45) is 0 Å². The lowest BCUT2D eigenvalue weighted by Crippen LogP contribution is -2.30. The van der Waals surface area contributed by atoms with E-state index in [0.717, 1.165) is 70.6 Å². The number of hydrogen-bond donors (Lipinski definition) is 0. The van der Waals surface area contributed by atoms with Crippen molar-refractivity contribution >= 4 is 17.9 Å². The summed E-state index contributed by atoms with van der Waals surface area (Å²) in [4.78, 5) is 38.5. The summed E-state index contributed by atoms with van der Waals surface area (Å²) < 4.78 is 17.0. The fourth-order valence-corrected chi connectivity index (χ4v) is 11.1. The molecule has 0 aromatic rings. The Morgan fingerprint density at radius 1 is 0.247 bits per heavy atom. The van der Waals surface area contributed by atoms with Crippen LogP contribution in [-0.4, -0.2) is 37.2 Å². The molecule has 0 amide bonds. The maximum absolute atomic E-state index is 13.0. The molecule has 6 nitrogen and oxygen atoms in total. The summed E-state index contributed by atoms with van der Waals surface area (Å²) in [7, 11) is 0. The van der Waals surface area contributed by atoms with Crippen molar-refractivity contribution in [2.45, 2.75) is 412 Å². The normalized spacial score (nSPS) is 12.2. The molecule has 0 saturated heterocycles. The summed E-state index contributed by atoms with van der Waals surface area (Å²) in [6.07, 6.45) is 87.5. The average Bonchev–Trinajstić information content (AvgIpc) is 3.47. The highest BCUT2D eigenvalue weighted by Gasteiger charge is 2.19. The molecule has 0 aromatic carbocycles. The predicted octanol–water partition coefficient (Wildman–Crippen LogP) is 25.1. The van der Waals surface area contributed by atoms with Crippen molar-refractivity contribution < 1.29 is 28.6 Å². The summed E-state index contributed by atoms with van der Waals surface area (Å²) in [5.74, 6) is -0.855. The molecule has 0 aliphatic heterocycles. The monoisotopic (exact) mass is 1140 g/mol. The van der Waals surface area contributed by atoms with E-state index < -0.39 is 6.10 Å². The first-order chi connectivity index (χ1) is 40.0. The Hall–Kier alpha value is -2.37. The smallest absolute Gasteiger partial charge is 0.306 e. The zero-order valence-corrected chi connectivity index (χ0v) is 54.8. The first-order valence-corrected chi connectivity index (χ1v) is 36.5. The molecule has 0 aliphatic carbocycles. The third kappa shape index (κ3) is 68.3. The van der Waals surface area contributed by atoms with Crippen molar-refractivity contribution in [1.82, 2.24) is 0 Å². The molecule has 0 spiro atoms. The van der Waals surface area contributed by atoms with E-state index in [4.69, 9.17) is 14.2 Å². The zero-order valence-electron chi connectivity index (χ0n) is 54.8. The second-order valence-electron chi connectivity index (χ2n) is 24.9. The van der Waals surface area contributed by atoms with Crippen LogP contribution in [0.4, 0.5) is 0 Å². The van der Waals surface area contributed by atoms with Gasteiger partial charge in [0.2, 0.25) is 0 Å². The Labute approximate surface area is 506 Å². The Balaban J connectivity index is 4.23. The quantitative estimate of drug-likeness (QED) is 0.0261. The second kappa shape index (κ2) is 70.1. The number of allylic oxidation sites excluding steroid dienone is 6. The Bertz CT molecular complexity index is 1350. The molecule has 476 valence electrons. The van der Waals surface area contributed by atoms with Gasteiger partial charge in [0, 0.05) is 19.3 Å². The van der Waals surface area contributed by atoms with Crippen LogP contribution in [0.25, 0.3) is 0 Å². The first kappa shape index (κ1) is 78.6. The lowest BCUT2D eigenvalue weighted by molar-refractivity contribution is -0.167. The van der Waals surface area contributed by atoms with Gasteiger partial charge in [0.25, 0.3) is 0 Å². The van der Waals surface area contributed by atoms with Gasteiger partial charge in [0.05, 0.1) is 0 Å². The van der Waals surface area contributed by atoms with Gasteiger partial charge >= 0.3 is 17.9 Å². The van der Waals surface area contributed by atoms with Crippen LogP contribution in [-0.2, 0) is 28.6 Å². The maximum Gasteiger partial charge on any atom is 0.306 e. The molecule has 1 unspecified atom stereocenters. The molecular weight excluding hydrogens is 997 g/mol. The van der Waals surface area contributed by atoms with Gasteiger partial charge in [0.1, 0.15) is 13.2 Å². The molecular formula is C75H140O6. The summed E-state index contributed by atoms with van der Waals surface area (Å²) in [6, 6.07) is 0. The second-order valence-corrected chi connectivity index (χ2v) is 24.9. The van der Waals surface area contributed by atoms with E-state index in [1.54, 1.807) is 0 Å². The SMILES string of the molecule is CCCCC/C=C\C/C=C\CCCCCCCCCCCC(=O)OC(COC(=O)CCCCCCC/C=C\CCCCCCCCC)COC(=O)CCCCCCCCCCCCCCCCCCCCCCCCCCCCCC. The Kier molecular flexibility index (Phi) is 68.1. The van der Waals surface area contributed by atoms with Crippen LogP contribution >= 0.6 is 0 Å². The zero-order chi connectivity index (χ0) is 58.5. The topological polar surface area (TPSA) is 78.9 Å². The van der Waals surface area contributed by atoms with E-state index >= 15 is 0 Å². The molecule has 0 radical (unpaired) electrons. The molecule has 0 fully saturated rings. The highest BCUT2D eigenvalue weighted by Crippen LogP contribution is 2.19. The Morgan fingerprint density at radius 2 is 0.444 bits per heavy atom. The largest absolute Gasteiger partial charge is 0.462 e. The predicted molar refractivity (Wildman–Crippen MR) is 353 cm³/mol. The van der Waals surface area contributed by atoms with Gasteiger partial charge in [-0.3, -0.25) is 14.4 Å². The van der Waals surface area contributed by atoms with Crippen LogP contribution < -0.4 is 0 Å². The summed E-state index contributed by atoms with van der Waals surface area (Å²) >= 11 is 0. The van der Waals surface area contributed by atoms with Crippen LogP contribution in [0.1, 0.15) is 406 Å². The van der Waals surface area contributed by atoms with Gasteiger partial charge in [-0.2, -0.15) is 0 Å². The summed E-state index contributed by atoms with van der Waals surface area (Å²) in [6.45, 7) is 6.68. The minimum Gasteiger partial charge on any atom is -0.462 e. The standard InChI is InChI=1S/C75H140O6/c1-4-7-10-13-16-19-22-25-28-31-33-34-35-36-37-38-39-40-41-43-44-47-50-53-56-59-62-65-68-74(77)80-71-72(70-79-73(76)67-64-61-58-55-52-49-46-30-27-24-21-18-15-12-9-6-3)81-75(78)69-66-63-60-57-54-51-48-45-42-32-29-26-23-20-17-14-11-8-5-2/h17,20,26,29-30,46,72H,4-16,18-19,21-25,27-28,31-45,47-71H2,1-3H3/b20-17-,29-26-,46-30-. The Morgan fingerprint density at radius 3 is 0.716 bits per heavy atom. The van der Waals surface area contributed by atoms with Crippen LogP contribution in [0, 0.1) is 0 Å². The average molecular weight is 1140 g/mol. The molecule has 0 aromatic heterocycles. The van der Waals surface area contributed by atoms with Gasteiger partial charge < -0.3 is 14.2 Å². The van der Waals surface area contributed by atoms with Crippen molar-refractivity contribution in [3.05, 3.63) is 36.5 Å². The molecule has 0 bridgehead atoms. The van der Waals surface area contributed by atoms with Gasteiger partial charge in [-0.25, -0.2) is 0 Å². The fraction of sp³-hybridized carbons (Fsp3) is 0.880. The number of carbonyl (C=O) groups is 3. The van der Waals surface area contributed by atoms with E-state index in [-0.39, 0.29) is 31.1 Å². The minimum atomic E-state index is -0.777. The number of esters is 3. The van der Waals surface area contributed by atoms with Gasteiger partial charge in [0.15, 0.2) is 6.10 Å². The van der Waals surface area contributed by atoms with E-state index in [1.807, 2.05) is 0 Å². The van der Waals surface area contributed by atoms with Crippen molar-refractivity contribution in [3.8, 4) is 0 Å². The van der Waals surface area contributed by atoms with Crippen molar-refractivity contribution in [2.75, 3.05) is 13.2 Å². The summed E-state index contributed by atoms with van der Waals surface area (Å²) in [5.41, 5.74) is 0. The molecule has 81 heavy (non-hydrogen) atoms. The highest BCUT2D eigenvalue weighted by molar-refractivity contribution is 5.71. The van der Waals surface area contributed by atoms with Gasteiger partial charge in [-0.15, -0.1) is 0 Å². The van der Waals surface area contributed by atoms with Crippen LogP contribution in [0.3, 0.4) is 0 Å². The minimum absolute atomic E-state index is 0.0717. The number of ether oxygens (including phenoxy) is 3. The lowest BCUT2D eigenvalue weighted by atomic mass is 10.0.